The molecule has 0 saturated carbocycles. The van der Waals surface area contributed by atoms with Crippen LogP contribution in [0.1, 0.15) is 0 Å². The summed E-state index contributed by atoms with van der Waals surface area (Å²) in [7, 11) is 0. The Balaban J connectivity index is 2.86. The summed E-state index contributed by atoms with van der Waals surface area (Å²) in [5.74, 6) is 0. The maximum Gasteiger partial charge on any atom is 0.131 e. The first-order chi connectivity index (χ1) is 4.86. The average Bonchev–Trinajstić information content (AvgIpc) is 2.33. The fraction of sp³-hybridized carbons (Fsp3) is 0. The number of hydrogen-bond donors (Lipinski definition) is 1. The predicted molar refractivity (Wildman–Crippen MR) is 38.4 cm³/mol. The first-order valence-corrected chi connectivity index (χ1v) is 2.96. The molecule has 0 atom stereocenters. The van der Waals surface area contributed by atoms with Crippen LogP contribution in [0.2, 0.25) is 0 Å². The molecular formula is C7H6N2O. The molecule has 2 rings (SSSR count). The van der Waals surface area contributed by atoms with Crippen molar-refractivity contribution in [1.29, 1.82) is 0 Å². The Morgan fingerprint density at radius 2 is 2.30 bits per heavy atom. The molecule has 3 heteroatoms. The molecule has 1 aromatic carbocycles. The summed E-state index contributed by atoms with van der Waals surface area (Å²) in [6.07, 6.45) is 1.59. The minimum atomic E-state index is 0.710. The third-order valence-corrected chi connectivity index (χ3v) is 1.39. The van der Waals surface area contributed by atoms with Gasteiger partial charge in [0.2, 0.25) is 0 Å². The Bertz CT molecular complexity index is 353. The zero-order chi connectivity index (χ0) is 6.97. The third kappa shape index (κ3) is 0.639. The normalized spacial score (nSPS) is 10.4. The van der Waals surface area contributed by atoms with E-state index in [2.05, 4.69) is 5.16 Å². The van der Waals surface area contributed by atoms with Gasteiger partial charge in [-0.05, 0) is 18.2 Å². The van der Waals surface area contributed by atoms with Crippen molar-refractivity contribution in [1.82, 2.24) is 5.16 Å². The fourth-order valence-electron chi connectivity index (χ4n) is 0.879. The molecule has 2 aromatic rings. The molecule has 1 heterocycles. The lowest BCUT2D eigenvalue weighted by Crippen LogP contribution is -1.81. The molecule has 10 heavy (non-hydrogen) atoms. The summed E-state index contributed by atoms with van der Waals surface area (Å²) < 4.78 is 4.71. The Labute approximate surface area is 57.4 Å². The molecule has 0 radical (unpaired) electrons. The lowest BCUT2D eigenvalue weighted by atomic mass is 10.2. The van der Waals surface area contributed by atoms with E-state index >= 15 is 0 Å². The number of fused-ring (bicyclic) bond motifs is 1. The van der Waals surface area contributed by atoms with E-state index in [0.29, 0.717) is 5.69 Å². The zero-order valence-corrected chi connectivity index (χ0v) is 5.24. The number of rotatable bonds is 0. The van der Waals surface area contributed by atoms with Crippen molar-refractivity contribution in [2.45, 2.75) is 0 Å². The standard InChI is InChI=1S/C7H6N2O/c8-6-2-1-5-4-10-9-7(5)3-6/h1-4H,8H2. The van der Waals surface area contributed by atoms with Crippen LogP contribution in [0.25, 0.3) is 10.9 Å². The second-order valence-electron chi connectivity index (χ2n) is 2.13. The first-order valence-electron chi connectivity index (χ1n) is 2.96. The van der Waals surface area contributed by atoms with Crippen LogP contribution >= 0.6 is 0 Å². The number of nitrogens with two attached hydrogens (primary N) is 1. The molecule has 0 bridgehead atoms. The van der Waals surface area contributed by atoms with Crippen LogP contribution in [-0.2, 0) is 0 Å². The third-order valence-electron chi connectivity index (χ3n) is 1.39. The monoisotopic (exact) mass is 134 g/mol. The Kier molecular flexibility index (Phi) is 0.917. The number of nitrogens with zero attached hydrogens (tertiary/aromatic N) is 1. The number of hydrogen-bond acceptors (Lipinski definition) is 3. The van der Waals surface area contributed by atoms with Crippen LogP contribution in [0.3, 0.4) is 0 Å². The van der Waals surface area contributed by atoms with Crippen molar-refractivity contribution in [2.24, 2.45) is 0 Å². The lowest BCUT2D eigenvalue weighted by molar-refractivity contribution is 0.428. The number of benzene rings is 1. The SMILES string of the molecule is Nc1ccc2conc2c1. The Morgan fingerprint density at radius 1 is 1.40 bits per heavy atom. The van der Waals surface area contributed by atoms with Gasteiger partial charge >= 0.3 is 0 Å². The van der Waals surface area contributed by atoms with Crippen molar-refractivity contribution in [2.75, 3.05) is 5.73 Å². The van der Waals surface area contributed by atoms with E-state index in [1.807, 2.05) is 12.1 Å². The van der Waals surface area contributed by atoms with Crippen LogP contribution < -0.4 is 5.73 Å². The van der Waals surface area contributed by atoms with Crippen LogP contribution in [0.5, 0.6) is 0 Å². The molecule has 3 nitrogen and oxygen atoms in total. The second kappa shape index (κ2) is 1.73. The quantitative estimate of drug-likeness (QED) is 0.554. The Hall–Kier alpha value is -1.51. The fourth-order valence-corrected chi connectivity index (χ4v) is 0.879. The van der Waals surface area contributed by atoms with Crippen LogP contribution in [0.15, 0.2) is 29.0 Å². The van der Waals surface area contributed by atoms with Crippen LogP contribution in [0.4, 0.5) is 5.69 Å². The molecule has 0 saturated heterocycles. The summed E-state index contributed by atoms with van der Waals surface area (Å²) in [5, 5.41) is 4.71. The topological polar surface area (TPSA) is 52.0 Å². The van der Waals surface area contributed by atoms with Gasteiger partial charge in [0, 0.05) is 11.1 Å². The van der Waals surface area contributed by atoms with E-state index in [1.54, 1.807) is 12.3 Å². The maximum absolute atomic E-state index is 5.50. The smallest absolute Gasteiger partial charge is 0.131 e. The summed E-state index contributed by atoms with van der Waals surface area (Å²) in [6.45, 7) is 0. The van der Waals surface area contributed by atoms with Crippen molar-refractivity contribution in [3.63, 3.8) is 0 Å². The number of anilines is 1. The molecule has 2 N–H and O–H groups in total. The predicted octanol–water partition coefficient (Wildman–Crippen LogP) is 1.41. The minimum Gasteiger partial charge on any atom is -0.399 e. The highest BCUT2D eigenvalue weighted by molar-refractivity contribution is 5.80. The highest BCUT2D eigenvalue weighted by Gasteiger charge is 1.95. The molecule has 0 unspecified atom stereocenters. The minimum absolute atomic E-state index is 0.710. The van der Waals surface area contributed by atoms with E-state index < -0.39 is 0 Å². The molecule has 0 aliphatic rings. The van der Waals surface area contributed by atoms with Gasteiger partial charge in [-0.1, -0.05) is 5.16 Å². The molecule has 1 aromatic heterocycles. The largest absolute Gasteiger partial charge is 0.399 e. The Morgan fingerprint density at radius 3 is 3.20 bits per heavy atom. The van der Waals surface area contributed by atoms with Crippen LogP contribution in [0, 0.1) is 0 Å². The van der Waals surface area contributed by atoms with E-state index in [9.17, 15) is 0 Å². The van der Waals surface area contributed by atoms with Gasteiger partial charge in [0.15, 0.2) is 0 Å². The highest BCUT2D eigenvalue weighted by atomic mass is 16.5. The van der Waals surface area contributed by atoms with Crippen molar-refractivity contribution in [3.8, 4) is 0 Å². The van der Waals surface area contributed by atoms with E-state index in [-0.39, 0.29) is 0 Å². The van der Waals surface area contributed by atoms with Gasteiger partial charge in [-0.15, -0.1) is 0 Å². The van der Waals surface area contributed by atoms with Gasteiger partial charge in [0.25, 0.3) is 0 Å². The van der Waals surface area contributed by atoms with Crippen LogP contribution in [-0.4, -0.2) is 5.16 Å². The average molecular weight is 134 g/mol. The van der Waals surface area contributed by atoms with Gasteiger partial charge < -0.3 is 10.3 Å². The van der Waals surface area contributed by atoms with Gasteiger partial charge in [0.1, 0.15) is 11.8 Å². The van der Waals surface area contributed by atoms with Crippen molar-refractivity contribution < 1.29 is 4.52 Å². The summed E-state index contributed by atoms with van der Waals surface area (Å²) in [5.41, 5.74) is 7.02. The number of nitrogen functional groups attached to an aromatic ring is 1. The first kappa shape index (κ1) is 5.29. The molecule has 0 aliphatic carbocycles. The molecule has 0 spiro atoms. The van der Waals surface area contributed by atoms with Crippen molar-refractivity contribution in [3.05, 3.63) is 24.5 Å². The van der Waals surface area contributed by atoms with Gasteiger partial charge in [-0.25, -0.2) is 0 Å². The van der Waals surface area contributed by atoms with E-state index in [0.717, 1.165) is 10.9 Å². The number of aromatic nitrogens is 1. The maximum atomic E-state index is 5.50. The molecule has 0 fully saturated rings. The van der Waals surface area contributed by atoms with E-state index in [1.165, 1.54) is 0 Å². The van der Waals surface area contributed by atoms with Gasteiger partial charge in [-0.3, -0.25) is 0 Å². The summed E-state index contributed by atoms with van der Waals surface area (Å²) in [4.78, 5) is 0. The summed E-state index contributed by atoms with van der Waals surface area (Å²) in [6, 6.07) is 5.47. The lowest BCUT2D eigenvalue weighted by Gasteiger charge is -1.87. The van der Waals surface area contributed by atoms with Gasteiger partial charge in [0.05, 0.1) is 0 Å². The van der Waals surface area contributed by atoms with E-state index in [4.69, 9.17) is 10.3 Å². The molecular weight excluding hydrogens is 128 g/mol. The highest BCUT2D eigenvalue weighted by Crippen LogP contribution is 2.14. The van der Waals surface area contributed by atoms with Gasteiger partial charge in [-0.2, -0.15) is 0 Å². The molecule has 0 aliphatic heterocycles. The molecule has 0 amide bonds. The second-order valence-corrected chi connectivity index (χ2v) is 2.13. The summed E-state index contributed by atoms with van der Waals surface area (Å²) >= 11 is 0. The van der Waals surface area contributed by atoms with Crippen molar-refractivity contribution >= 4 is 16.6 Å². The molecule has 50 valence electrons. The zero-order valence-electron chi connectivity index (χ0n) is 5.24.